The molecule has 29 heavy (non-hydrogen) atoms. The van der Waals surface area contributed by atoms with Gasteiger partial charge < -0.3 is 25.1 Å². The third-order valence-electron chi connectivity index (χ3n) is 6.89. The van der Waals surface area contributed by atoms with E-state index in [1.165, 1.54) is 12.8 Å². The Balaban J connectivity index is 1.22. The molecule has 1 saturated carbocycles. The first-order chi connectivity index (χ1) is 14.0. The van der Waals surface area contributed by atoms with E-state index in [1.54, 1.807) is 11.8 Å². The number of benzene rings is 1. The predicted octanol–water partition coefficient (Wildman–Crippen LogP) is 1.99. The van der Waals surface area contributed by atoms with Crippen LogP contribution in [0.3, 0.4) is 0 Å². The average molecular weight is 401 g/mol. The number of amides is 3. The number of nitrogens with zero attached hydrogens (tertiary/aromatic N) is 3. The molecule has 0 aromatic heterocycles. The quantitative estimate of drug-likeness (QED) is 0.793. The molecule has 7 heteroatoms. The molecule has 2 saturated heterocycles. The molecule has 2 aliphatic heterocycles. The second-order valence-corrected chi connectivity index (χ2v) is 8.77. The molecule has 3 amide bonds. The molecule has 0 unspecified atom stereocenters. The van der Waals surface area contributed by atoms with Gasteiger partial charge in [-0.2, -0.15) is 0 Å². The maximum absolute atomic E-state index is 12.8. The number of β-amino-alcohol motifs (C(OH)–C–C–N with tert-alkyl or cyclic N) is 1. The van der Waals surface area contributed by atoms with Gasteiger partial charge in [-0.15, -0.1) is 0 Å². The monoisotopic (exact) mass is 400 g/mol. The standard InChI is InChI=1S/C22H32N4O3/c1-17-20(28)25(12-5-11-24-13-10-22(8-9-22)19(27)16-24)14-15-26(17)21(29)23-18-6-3-2-4-7-18/h2-4,6-7,17,19,27H,5,8-16H2,1H3,(H,23,29)/t17-,19+/m0/s1. The Morgan fingerprint density at radius 2 is 1.90 bits per heavy atom. The van der Waals surface area contributed by atoms with Gasteiger partial charge in [0.15, 0.2) is 0 Å². The first-order valence-corrected chi connectivity index (χ1v) is 10.8. The zero-order valence-corrected chi connectivity index (χ0v) is 17.2. The highest BCUT2D eigenvalue weighted by molar-refractivity contribution is 5.94. The summed E-state index contributed by atoms with van der Waals surface area (Å²) in [4.78, 5) is 31.1. The topological polar surface area (TPSA) is 76.1 Å². The lowest BCUT2D eigenvalue weighted by molar-refractivity contribution is -0.139. The Bertz CT molecular complexity index is 737. The van der Waals surface area contributed by atoms with E-state index in [1.807, 2.05) is 35.2 Å². The highest BCUT2D eigenvalue weighted by Gasteiger charge is 2.51. The van der Waals surface area contributed by atoms with E-state index in [-0.39, 0.29) is 23.5 Å². The van der Waals surface area contributed by atoms with Crippen LogP contribution in [0.1, 0.15) is 32.6 Å². The number of likely N-dealkylation sites (tertiary alicyclic amines) is 1. The van der Waals surface area contributed by atoms with Gasteiger partial charge in [-0.25, -0.2) is 4.79 Å². The molecule has 2 heterocycles. The first kappa shape index (κ1) is 20.2. The average Bonchev–Trinajstić information content (AvgIpc) is 3.50. The van der Waals surface area contributed by atoms with Gasteiger partial charge in [-0.05, 0) is 63.2 Å². The number of piperazine rings is 1. The molecule has 4 rings (SSSR count). The largest absolute Gasteiger partial charge is 0.391 e. The number of urea groups is 1. The van der Waals surface area contributed by atoms with Crippen molar-refractivity contribution in [3.8, 4) is 0 Å². The van der Waals surface area contributed by atoms with Crippen molar-refractivity contribution < 1.29 is 14.7 Å². The van der Waals surface area contributed by atoms with E-state index in [0.29, 0.717) is 19.6 Å². The van der Waals surface area contributed by atoms with Gasteiger partial charge in [0.25, 0.3) is 0 Å². The SMILES string of the molecule is C[C@H]1C(=O)N(CCCN2CCC3(CC3)[C@H](O)C2)CCN1C(=O)Nc1ccccc1. The summed E-state index contributed by atoms with van der Waals surface area (Å²) in [6, 6.07) is 8.62. The van der Waals surface area contributed by atoms with E-state index >= 15 is 0 Å². The minimum absolute atomic E-state index is 0.00933. The molecule has 1 aromatic rings. The molecule has 3 fully saturated rings. The van der Waals surface area contributed by atoms with Crippen LogP contribution in [0.5, 0.6) is 0 Å². The lowest BCUT2D eigenvalue weighted by atomic mass is 9.90. The van der Waals surface area contributed by atoms with Crippen LogP contribution in [0.15, 0.2) is 30.3 Å². The Morgan fingerprint density at radius 1 is 1.14 bits per heavy atom. The number of hydrogen-bond acceptors (Lipinski definition) is 4. The van der Waals surface area contributed by atoms with Crippen molar-refractivity contribution in [3.05, 3.63) is 30.3 Å². The fourth-order valence-electron chi connectivity index (χ4n) is 4.65. The summed E-state index contributed by atoms with van der Waals surface area (Å²) in [5.74, 6) is 0.00933. The zero-order valence-electron chi connectivity index (χ0n) is 17.2. The van der Waals surface area contributed by atoms with Crippen LogP contribution in [0.4, 0.5) is 10.5 Å². The van der Waals surface area contributed by atoms with Crippen LogP contribution in [0, 0.1) is 5.41 Å². The molecule has 2 atom stereocenters. The number of carbonyl (C=O) groups is 2. The van der Waals surface area contributed by atoms with Crippen LogP contribution in [0.2, 0.25) is 0 Å². The molecule has 158 valence electrons. The van der Waals surface area contributed by atoms with Gasteiger partial charge in [-0.1, -0.05) is 18.2 Å². The Kier molecular flexibility index (Phi) is 5.79. The number of hydrogen-bond donors (Lipinski definition) is 2. The Hall–Kier alpha value is -2.12. The van der Waals surface area contributed by atoms with Crippen LogP contribution in [0.25, 0.3) is 0 Å². The number of aliphatic hydroxyl groups excluding tert-OH is 1. The third-order valence-corrected chi connectivity index (χ3v) is 6.89. The predicted molar refractivity (Wildman–Crippen MR) is 112 cm³/mol. The molecule has 7 nitrogen and oxygen atoms in total. The molecule has 2 N–H and O–H groups in total. The van der Waals surface area contributed by atoms with Crippen LogP contribution >= 0.6 is 0 Å². The van der Waals surface area contributed by atoms with Gasteiger partial charge in [0.1, 0.15) is 6.04 Å². The molecule has 1 aliphatic carbocycles. The molecule has 3 aliphatic rings. The van der Waals surface area contributed by atoms with Gasteiger partial charge in [0.2, 0.25) is 5.91 Å². The fourth-order valence-corrected chi connectivity index (χ4v) is 4.65. The maximum Gasteiger partial charge on any atom is 0.322 e. The summed E-state index contributed by atoms with van der Waals surface area (Å²) < 4.78 is 0. The van der Waals surface area contributed by atoms with E-state index in [4.69, 9.17) is 0 Å². The van der Waals surface area contributed by atoms with Crippen LogP contribution in [-0.4, -0.2) is 83.2 Å². The van der Waals surface area contributed by atoms with Crippen molar-refractivity contribution >= 4 is 17.6 Å². The van der Waals surface area contributed by atoms with Crippen molar-refractivity contribution in [2.75, 3.05) is 44.6 Å². The van der Waals surface area contributed by atoms with Crippen molar-refractivity contribution in [1.29, 1.82) is 0 Å². The summed E-state index contributed by atoms with van der Waals surface area (Å²) in [7, 11) is 0. The zero-order chi connectivity index (χ0) is 20.4. The van der Waals surface area contributed by atoms with E-state index in [9.17, 15) is 14.7 Å². The van der Waals surface area contributed by atoms with Crippen molar-refractivity contribution in [2.45, 2.75) is 44.8 Å². The molecule has 1 aromatic carbocycles. The van der Waals surface area contributed by atoms with Gasteiger partial charge in [-0.3, -0.25) is 4.79 Å². The molecule has 1 spiro atoms. The Morgan fingerprint density at radius 3 is 2.59 bits per heavy atom. The maximum atomic E-state index is 12.8. The normalized spacial score (nSPS) is 26.6. The van der Waals surface area contributed by atoms with E-state index in [0.717, 1.165) is 38.2 Å². The minimum Gasteiger partial charge on any atom is -0.391 e. The number of para-hydroxylation sites is 1. The molecular formula is C22H32N4O3. The number of carbonyl (C=O) groups excluding carboxylic acids is 2. The first-order valence-electron chi connectivity index (χ1n) is 10.8. The molecule has 0 radical (unpaired) electrons. The van der Waals surface area contributed by atoms with Crippen molar-refractivity contribution in [1.82, 2.24) is 14.7 Å². The summed E-state index contributed by atoms with van der Waals surface area (Å²) >= 11 is 0. The fraction of sp³-hybridized carbons (Fsp3) is 0.636. The number of nitrogens with one attached hydrogen (secondary N) is 1. The van der Waals surface area contributed by atoms with Crippen molar-refractivity contribution in [3.63, 3.8) is 0 Å². The molecular weight excluding hydrogens is 368 g/mol. The van der Waals surface area contributed by atoms with Gasteiger partial charge in [0.05, 0.1) is 6.10 Å². The summed E-state index contributed by atoms with van der Waals surface area (Å²) in [6.07, 6.45) is 4.16. The second-order valence-electron chi connectivity index (χ2n) is 8.77. The van der Waals surface area contributed by atoms with Crippen molar-refractivity contribution in [2.24, 2.45) is 5.41 Å². The summed E-state index contributed by atoms with van der Waals surface area (Å²) in [5.41, 5.74) is 0.967. The second kappa shape index (κ2) is 8.32. The lowest BCUT2D eigenvalue weighted by Gasteiger charge is -2.40. The summed E-state index contributed by atoms with van der Waals surface area (Å²) in [6.45, 7) is 6.33. The lowest BCUT2D eigenvalue weighted by Crippen LogP contribution is -2.58. The minimum atomic E-state index is -0.459. The molecule has 0 bridgehead atoms. The highest BCUT2D eigenvalue weighted by atomic mass is 16.3. The van der Waals surface area contributed by atoms with Crippen LogP contribution in [-0.2, 0) is 4.79 Å². The summed E-state index contributed by atoms with van der Waals surface area (Å²) in [5, 5.41) is 13.2. The van der Waals surface area contributed by atoms with E-state index < -0.39 is 6.04 Å². The smallest absolute Gasteiger partial charge is 0.322 e. The number of rotatable bonds is 5. The number of aliphatic hydroxyl groups is 1. The number of piperidine rings is 1. The third kappa shape index (κ3) is 4.41. The van der Waals surface area contributed by atoms with E-state index in [2.05, 4.69) is 10.2 Å². The van der Waals surface area contributed by atoms with Gasteiger partial charge >= 0.3 is 6.03 Å². The highest BCUT2D eigenvalue weighted by Crippen LogP contribution is 2.53. The number of anilines is 1. The van der Waals surface area contributed by atoms with Crippen LogP contribution < -0.4 is 5.32 Å². The van der Waals surface area contributed by atoms with Gasteiger partial charge in [0, 0.05) is 31.9 Å². The Labute approximate surface area is 172 Å².